The average molecular weight is 198 g/mol. The van der Waals surface area contributed by atoms with E-state index in [0.29, 0.717) is 5.69 Å². The molecule has 0 fully saturated rings. The summed E-state index contributed by atoms with van der Waals surface area (Å²) >= 11 is 0. The van der Waals surface area contributed by atoms with E-state index in [2.05, 4.69) is 4.98 Å². The van der Waals surface area contributed by atoms with Gasteiger partial charge in [-0.05, 0) is 0 Å². The van der Waals surface area contributed by atoms with Crippen molar-refractivity contribution >= 4 is 30.7 Å². The molecule has 64 valence electrons. The van der Waals surface area contributed by atoms with E-state index in [1.54, 1.807) is 17.8 Å². The Morgan fingerprint density at radius 3 is 2.36 bits per heavy atom. The van der Waals surface area contributed by atoms with Crippen LogP contribution in [0.4, 0.5) is 0 Å². The minimum Gasteiger partial charge on any atom is -0.364 e. The number of rotatable bonds is 1. The van der Waals surface area contributed by atoms with Crippen LogP contribution in [0, 0.1) is 0 Å². The Morgan fingerprint density at radius 2 is 2.18 bits per heavy atom. The predicted octanol–water partition coefficient (Wildman–Crippen LogP) is 0.363. The Bertz CT molecular complexity index is 235. The molecule has 1 amide bonds. The summed E-state index contributed by atoms with van der Waals surface area (Å²) < 4.78 is 1.67. The van der Waals surface area contributed by atoms with Crippen molar-refractivity contribution < 1.29 is 4.79 Å². The third kappa shape index (κ3) is 3.25. The number of amides is 1. The van der Waals surface area contributed by atoms with E-state index in [1.165, 1.54) is 6.33 Å². The van der Waals surface area contributed by atoms with Crippen molar-refractivity contribution in [1.29, 1.82) is 0 Å². The van der Waals surface area contributed by atoms with Gasteiger partial charge in [0, 0.05) is 13.2 Å². The predicted molar refractivity (Wildman–Crippen MR) is 46.2 cm³/mol. The van der Waals surface area contributed by atoms with Gasteiger partial charge in [0.15, 0.2) is 0 Å². The van der Waals surface area contributed by atoms with Crippen LogP contribution >= 0.6 is 24.8 Å². The zero-order valence-electron chi connectivity index (χ0n) is 5.85. The van der Waals surface area contributed by atoms with E-state index < -0.39 is 5.91 Å². The van der Waals surface area contributed by atoms with Crippen LogP contribution < -0.4 is 5.73 Å². The number of hydrogen-bond acceptors (Lipinski definition) is 2. The molecular formula is C5H9Cl2N3O. The normalized spacial score (nSPS) is 7.73. The number of imidazole rings is 1. The fourth-order valence-corrected chi connectivity index (χ4v) is 0.540. The van der Waals surface area contributed by atoms with Gasteiger partial charge in [0.05, 0.1) is 6.33 Å². The van der Waals surface area contributed by atoms with Crippen LogP contribution in [0.25, 0.3) is 0 Å². The first-order chi connectivity index (χ1) is 4.20. The highest BCUT2D eigenvalue weighted by Crippen LogP contribution is 1.89. The Hall–Kier alpha value is -0.740. The molecule has 2 N–H and O–H groups in total. The van der Waals surface area contributed by atoms with Crippen molar-refractivity contribution in [1.82, 2.24) is 9.55 Å². The fourth-order valence-electron chi connectivity index (χ4n) is 0.540. The van der Waals surface area contributed by atoms with Crippen molar-refractivity contribution in [3.8, 4) is 0 Å². The number of aryl methyl sites for hydroxylation is 1. The molecule has 11 heavy (non-hydrogen) atoms. The number of primary amides is 1. The van der Waals surface area contributed by atoms with Gasteiger partial charge in [0.25, 0.3) is 5.91 Å². The lowest BCUT2D eigenvalue weighted by Crippen LogP contribution is -2.10. The fraction of sp³-hybridized carbons (Fsp3) is 0.200. The summed E-state index contributed by atoms with van der Waals surface area (Å²) in [7, 11) is 1.78. The molecule has 4 nitrogen and oxygen atoms in total. The zero-order chi connectivity index (χ0) is 6.85. The molecule has 1 aromatic heterocycles. The number of hydrogen-bond donors (Lipinski definition) is 1. The number of carbonyl (C=O) groups excluding carboxylic acids is 1. The highest BCUT2D eigenvalue weighted by Gasteiger charge is 2.00. The molecule has 1 aromatic rings. The van der Waals surface area contributed by atoms with Crippen LogP contribution in [0.3, 0.4) is 0 Å². The van der Waals surface area contributed by atoms with Gasteiger partial charge >= 0.3 is 0 Å². The number of nitrogens with zero attached hydrogens (tertiary/aromatic N) is 2. The van der Waals surface area contributed by atoms with Crippen molar-refractivity contribution in [2.24, 2.45) is 12.8 Å². The number of nitrogens with two attached hydrogens (primary N) is 1. The SMILES string of the molecule is Cl.Cl.Cn1cnc(C(N)=O)c1. The van der Waals surface area contributed by atoms with E-state index in [4.69, 9.17) is 5.73 Å². The second kappa shape index (κ2) is 4.98. The summed E-state index contributed by atoms with van der Waals surface area (Å²) in [6, 6.07) is 0. The van der Waals surface area contributed by atoms with E-state index in [1.807, 2.05) is 0 Å². The minimum atomic E-state index is -0.490. The smallest absolute Gasteiger partial charge is 0.268 e. The molecule has 0 aliphatic rings. The van der Waals surface area contributed by atoms with Gasteiger partial charge in [-0.2, -0.15) is 0 Å². The summed E-state index contributed by atoms with van der Waals surface area (Å²) in [5.74, 6) is -0.490. The Labute approximate surface area is 76.6 Å². The van der Waals surface area contributed by atoms with Gasteiger partial charge in [-0.25, -0.2) is 4.98 Å². The first-order valence-corrected chi connectivity index (χ1v) is 2.48. The van der Waals surface area contributed by atoms with Crippen LogP contribution in [-0.4, -0.2) is 15.5 Å². The molecule has 0 aromatic carbocycles. The summed E-state index contributed by atoms with van der Waals surface area (Å²) in [5.41, 5.74) is 5.22. The molecule has 0 saturated heterocycles. The van der Waals surface area contributed by atoms with Gasteiger partial charge in [0.2, 0.25) is 0 Å². The number of aromatic nitrogens is 2. The number of carbonyl (C=O) groups is 1. The monoisotopic (exact) mass is 197 g/mol. The second-order valence-electron chi connectivity index (χ2n) is 1.79. The van der Waals surface area contributed by atoms with Crippen molar-refractivity contribution in [3.05, 3.63) is 18.2 Å². The Morgan fingerprint density at radius 1 is 1.64 bits per heavy atom. The number of halogens is 2. The molecule has 0 radical (unpaired) electrons. The van der Waals surface area contributed by atoms with Gasteiger partial charge in [0.1, 0.15) is 5.69 Å². The summed E-state index contributed by atoms with van der Waals surface area (Å²) in [6.07, 6.45) is 3.10. The van der Waals surface area contributed by atoms with Crippen molar-refractivity contribution in [3.63, 3.8) is 0 Å². The van der Waals surface area contributed by atoms with Crippen LogP contribution in [0.2, 0.25) is 0 Å². The molecule has 0 saturated carbocycles. The van der Waals surface area contributed by atoms with Crippen LogP contribution in [0.5, 0.6) is 0 Å². The Balaban J connectivity index is 0. The molecule has 1 heterocycles. The first-order valence-electron chi connectivity index (χ1n) is 2.48. The molecule has 0 atom stereocenters. The lowest BCUT2D eigenvalue weighted by Gasteiger charge is -1.82. The maximum Gasteiger partial charge on any atom is 0.268 e. The topological polar surface area (TPSA) is 60.9 Å². The van der Waals surface area contributed by atoms with Crippen molar-refractivity contribution in [2.45, 2.75) is 0 Å². The van der Waals surface area contributed by atoms with E-state index in [0.717, 1.165) is 0 Å². The first kappa shape index (κ1) is 12.9. The van der Waals surface area contributed by atoms with Gasteiger partial charge in [-0.3, -0.25) is 4.79 Å². The van der Waals surface area contributed by atoms with Gasteiger partial charge in [-0.1, -0.05) is 0 Å². The lowest BCUT2D eigenvalue weighted by molar-refractivity contribution is 0.0996. The average Bonchev–Trinajstić information content (AvgIpc) is 2.14. The molecular weight excluding hydrogens is 189 g/mol. The lowest BCUT2D eigenvalue weighted by atomic mass is 10.5. The zero-order valence-corrected chi connectivity index (χ0v) is 7.48. The summed E-state index contributed by atoms with van der Waals surface area (Å²) in [5, 5.41) is 0. The second-order valence-corrected chi connectivity index (χ2v) is 1.79. The third-order valence-corrected chi connectivity index (χ3v) is 0.957. The van der Waals surface area contributed by atoms with Gasteiger partial charge in [-0.15, -0.1) is 24.8 Å². The molecule has 1 rings (SSSR count). The molecule has 0 aliphatic heterocycles. The summed E-state index contributed by atoms with van der Waals surface area (Å²) in [6.45, 7) is 0. The summed E-state index contributed by atoms with van der Waals surface area (Å²) in [4.78, 5) is 14.1. The molecule has 0 aliphatic carbocycles. The van der Waals surface area contributed by atoms with Crippen LogP contribution in [0.15, 0.2) is 12.5 Å². The molecule has 6 heteroatoms. The standard InChI is InChI=1S/C5H7N3O.2ClH/c1-8-2-4(5(6)9)7-3-8;;/h2-3H,1H3,(H2,6,9);2*1H. The molecule has 0 bridgehead atoms. The minimum absolute atomic E-state index is 0. The van der Waals surface area contributed by atoms with E-state index >= 15 is 0 Å². The third-order valence-electron chi connectivity index (χ3n) is 0.957. The highest BCUT2D eigenvalue weighted by molar-refractivity contribution is 5.90. The van der Waals surface area contributed by atoms with Crippen LogP contribution in [-0.2, 0) is 7.05 Å². The van der Waals surface area contributed by atoms with E-state index in [9.17, 15) is 4.79 Å². The van der Waals surface area contributed by atoms with E-state index in [-0.39, 0.29) is 24.8 Å². The molecule has 0 unspecified atom stereocenters. The maximum absolute atomic E-state index is 10.4. The quantitative estimate of drug-likeness (QED) is 0.708. The largest absolute Gasteiger partial charge is 0.364 e. The highest BCUT2D eigenvalue weighted by atomic mass is 35.5. The Kier molecular flexibility index (Phi) is 5.84. The van der Waals surface area contributed by atoms with Crippen molar-refractivity contribution in [2.75, 3.05) is 0 Å². The molecule has 0 spiro atoms. The van der Waals surface area contributed by atoms with Crippen LogP contribution in [0.1, 0.15) is 10.5 Å². The maximum atomic E-state index is 10.4. The van der Waals surface area contributed by atoms with Gasteiger partial charge < -0.3 is 10.3 Å².